The van der Waals surface area contributed by atoms with E-state index < -0.39 is 0 Å². The van der Waals surface area contributed by atoms with Gasteiger partial charge in [0, 0.05) is 6.54 Å². The lowest BCUT2D eigenvalue weighted by Crippen LogP contribution is -2.14. The Labute approximate surface area is 152 Å². The Morgan fingerprint density at radius 1 is 1.19 bits per heavy atom. The molecular formula is C21H23NO4. The molecule has 1 aromatic heterocycles. The molecule has 3 aromatic rings. The monoisotopic (exact) mass is 353 g/mol. The van der Waals surface area contributed by atoms with E-state index in [0.717, 1.165) is 5.56 Å². The second-order valence-electron chi connectivity index (χ2n) is 6.56. The van der Waals surface area contributed by atoms with Gasteiger partial charge in [0.1, 0.15) is 22.8 Å². The molecule has 0 amide bonds. The second-order valence-corrected chi connectivity index (χ2v) is 6.56. The highest BCUT2D eigenvalue weighted by molar-refractivity contribution is 5.85. The lowest BCUT2D eigenvalue weighted by molar-refractivity contribution is 0.380. The molecule has 5 heteroatoms. The number of rotatable bonds is 5. The van der Waals surface area contributed by atoms with Crippen LogP contribution >= 0.6 is 0 Å². The molecule has 0 radical (unpaired) electrons. The highest BCUT2D eigenvalue weighted by Crippen LogP contribution is 2.34. The molecule has 5 nitrogen and oxygen atoms in total. The van der Waals surface area contributed by atoms with Gasteiger partial charge < -0.3 is 19.2 Å². The zero-order valence-electron chi connectivity index (χ0n) is 15.5. The first kappa shape index (κ1) is 18.0. The summed E-state index contributed by atoms with van der Waals surface area (Å²) < 4.78 is 11.7. The van der Waals surface area contributed by atoms with Crippen LogP contribution in [0.3, 0.4) is 0 Å². The molecular weight excluding hydrogens is 330 g/mol. The maximum atomic E-state index is 13.1. The summed E-state index contributed by atoms with van der Waals surface area (Å²) in [5.74, 6) is 1.32. The molecule has 0 aliphatic carbocycles. The highest BCUT2D eigenvalue weighted by atomic mass is 16.5. The molecule has 136 valence electrons. The van der Waals surface area contributed by atoms with Crippen molar-refractivity contribution in [3.8, 4) is 17.2 Å². The topological polar surface area (TPSA) is 62.9 Å². The van der Waals surface area contributed by atoms with Crippen LogP contribution in [0, 0.1) is 6.92 Å². The molecule has 1 heterocycles. The van der Waals surface area contributed by atoms with Crippen molar-refractivity contribution in [3.05, 3.63) is 63.5 Å². The van der Waals surface area contributed by atoms with E-state index in [2.05, 4.69) is 0 Å². The number of aromatic hydroxyl groups is 1. The summed E-state index contributed by atoms with van der Waals surface area (Å²) in [7, 11) is 3.81. The van der Waals surface area contributed by atoms with E-state index in [9.17, 15) is 9.90 Å². The minimum atomic E-state index is -0.234. The van der Waals surface area contributed by atoms with Gasteiger partial charge in [0.25, 0.3) is 0 Å². The van der Waals surface area contributed by atoms with Gasteiger partial charge >= 0.3 is 0 Å². The minimum absolute atomic E-state index is 0.173. The third-order valence-corrected chi connectivity index (χ3v) is 4.27. The quantitative estimate of drug-likeness (QED) is 0.744. The predicted octanol–water partition coefficient (Wildman–Crippen LogP) is 4.22. The van der Waals surface area contributed by atoms with E-state index in [0.29, 0.717) is 41.0 Å². The van der Waals surface area contributed by atoms with Crippen molar-refractivity contribution in [2.45, 2.75) is 26.8 Å². The van der Waals surface area contributed by atoms with Gasteiger partial charge in [-0.15, -0.1) is 0 Å². The fourth-order valence-electron chi connectivity index (χ4n) is 3.00. The van der Waals surface area contributed by atoms with Crippen molar-refractivity contribution in [1.82, 2.24) is 4.90 Å². The maximum absolute atomic E-state index is 13.1. The SMILES string of the molecule is CCc1cc2c(=O)c(Oc3ccccc3)c(C)oc2c(CN(C)C)c1O. The Balaban J connectivity index is 2.25. The normalized spacial score (nSPS) is 11.3. The van der Waals surface area contributed by atoms with Gasteiger partial charge in [-0.2, -0.15) is 0 Å². The Bertz CT molecular complexity index is 991. The Morgan fingerprint density at radius 2 is 1.88 bits per heavy atom. The van der Waals surface area contributed by atoms with Gasteiger partial charge in [-0.1, -0.05) is 25.1 Å². The third kappa shape index (κ3) is 3.30. The highest BCUT2D eigenvalue weighted by Gasteiger charge is 2.21. The summed E-state index contributed by atoms with van der Waals surface area (Å²) in [5.41, 5.74) is 1.52. The van der Waals surface area contributed by atoms with Gasteiger partial charge in [-0.05, 0) is 51.2 Å². The first-order chi connectivity index (χ1) is 12.4. The van der Waals surface area contributed by atoms with Crippen LogP contribution in [-0.4, -0.2) is 24.1 Å². The molecule has 0 aliphatic heterocycles. The van der Waals surface area contributed by atoms with E-state index in [1.54, 1.807) is 25.1 Å². The lowest BCUT2D eigenvalue weighted by atomic mass is 10.0. The van der Waals surface area contributed by atoms with Gasteiger partial charge in [-0.25, -0.2) is 0 Å². The van der Waals surface area contributed by atoms with Crippen molar-refractivity contribution in [3.63, 3.8) is 0 Å². The van der Waals surface area contributed by atoms with E-state index in [-0.39, 0.29) is 16.9 Å². The van der Waals surface area contributed by atoms with Crippen LogP contribution in [0.25, 0.3) is 11.0 Å². The van der Waals surface area contributed by atoms with Gasteiger partial charge in [0.2, 0.25) is 11.2 Å². The average Bonchev–Trinajstić information content (AvgIpc) is 2.62. The van der Waals surface area contributed by atoms with Crippen LogP contribution in [0.4, 0.5) is 0 Å². The van der Waals surface area contributed by atoms with E-state index >= 15 is 0 Å². The molecule has 26 heavy (non-hydrogen) atoms. The Hall–Kier alpha value is -2.79. The lowest BCUT2D eigenvalue weighted by Gasteiger charge is -2.17. The molecule has 0 aliphatic rings. The standard InChI is InChI=1S/C21H23NO4/c1-5-14-11-16-19(24)20(26-15-9-7-6-8-10-15)13(2)25-21(16)17(18(14)23)12-22(3)4/h6-11,23H,5,12H2,1-4H3. The summed E-state index contributed by atoms with van der Waals surface area (Å²) in [4.78, 5) is 15.0. The summed E-state index contributed by atoms with van der Waals surface area (Å²) in [6.07, 6.45) is 0.615. The molecule has 0 bridgehead atoms. The molecule has 3 rings (SSSR count). The first-order valence-corrected chi connectivity index (χ1v) is 8.61. The summed E-state index contributed by atoms with van der Waals surface area (Å²) in [5, 5.41) is 11.0. The summed E-state index contributed by atoms with van der Waals surface area (Å²) in [6.45, 7) is 4.11. The van der Waals surface area contributed by atoms with Gasteiger partial charge in [0.15, 0.2) is 0 Å². The number of aryl methyl sites for hydroxylation is 2. The maximum Gasteiger partial charge on any atom is 0.235 e. The molecule has 0 atom stereocenters. The molecule has 0 unspecified atom stereocenters. The number of phenolic OH excluding ortho intramolecular Hbond substituents is 1. The van der Waals surface area contributed by atoms with Crippen molar-refractivity contribution >= 4 is 11.0 Å². The number of para-hydroxylation sites is 1. The van der Waals surface area contributed by atoms with Crippen molar-refractivity contribution in [2.24, 2.45) is 0 Å². The van der Waals surface area contributed by atoms with Gasteiger partial charge in [-0.3, -0.25) is 4.79 Å². The van der Waals surface area contributed by atoms with E-state index in [1.165, 1.54) is 0 Å². The molecule has 0 spiro atoms. The van der Waals surface area contributed by atoms with Crippen molar-refractivity contribution in [2.75, 3.05) is 14.1 Å². The average molecular weight is 353 g/mol. The van der Waals surface area contributed by atoms with E-state index in [4.69, 9.17) is 9.15 Å². The fourth-order valence-corrected chi connectivity index (χ4v) is 3.00. The Morgan fingerprint density at radius 3 is 2.50 bits per heavy atom. The zero-order chi connectivity index (χ0) is 18.8. The number of ether oxygens (including phenoxy) is 1. The zero-order valence-corrected chi connectivity index (χ0v) is 15.5. The molecule has 1 N–H and O–H groups in total. The number of fused-ring (bicyclic) bond motifs is 1. The summed E-state index contributed by atoms with van der Waals surface area (Å²) in [6, 6.07) is 10.8. The number of hydrogen-bond donors (Lipinski definition) is 1. The molecule has 2 aromatic carbocycles. The van der Waals surface area contributed by atoms with Crippen LogP contribution in [0.1, 0.15) is 23.8 Å². The van der Waals surface area contributed by atoms with Crippen LogP contribution in [0.5, 0.6) is 17.2 Å². The predicted molar refractivity (Wildman–Crippen MR) is 102 cm³/mol. The van der Waals surface area contributed by atoms with E-state index in [1.807, 2.05) is 44.1 Å². The largest absolute Gasteiger partial charge is 0.507 e. The number of nitrogens with zero attached hydrogens (tertiary/aromatic N) is 1. The van der Waals surface area contributed by atoms with Crippen LogP contribution in [0.15, 0.2) is 45.6 Å². The van der Waals surface area contributed by atoms with Crippen LogP contribution in [0.2, 0.25) is 0 Å². The molecule has 0 fully saturated rings. The first-order valence-electron chi connectivity index (χ1n) is 8.61. The van der Waals surface area contributed by atoms with Crippen LogP contribution in [-0.2, 0) is 13.0 Å². The molecule has 0 saturated carbocycles. The number of phenols is 1. The van der Waals surface area contributed by atoms with Crippen molar-refractivity contribution in [1.29, 1.82) is 0 Å². The van der Waals surface area contributed by atoms with Crippen LogP contribution < -0.4 is 10.2 Å². The fraction of sp³-hybridized carbons (Fsp3) is 0.286. The summed E-state index contributed by atoms with van der Waals surface area (Å²) >= 11 is 0. The minimum Gasteiger partial charge on any atom is -0.507 e. The number of benzene rings is 2. The molecule has 0 saturated heterocycles. The number of hydrogen-bond acceptors (Lipinski definition) is 5. The third-order valence-electron chi connectivity index (χ3n) is 4.27. The van der Waals surface area contributed by atoms with Crippen molar-refractivity contribution < 1.29 is 14.3 Å². The second kappa shape index (κ2) is 7.22. The van der Waals surface area contributed by atoms with Gasteiger partial charge in [0.05, 0.1) is 10.9 Å². The smallest absolute Gasteiger partial charge is 0.235 e. The Kier molecular flexibility index (Phi) is 5.00.